The predicted octanol–water partition coefficient (Wildman–Crippen LogP) is 5.04. The molecule has 0 saturated heterocycles. The molecule has 0 fully saturated rings. The predicted molar refractivity (Wildman–Crippen MR) is 99.6 cm³/mol. The van der Waals surface area contributed by atoms with Crippen molar-refractivity contribution in [1.29, 1.82) is 0 Å². The van der Waals surface area contributed by atoms with E-state index in [9.17, 15) is 31.1 Å². The van der Waals surface area contributed by atoms with E-state index in [0.29, 0.717) is 0 Å². The average molecular weight is 455 g/mol. The van der Waals surface area contributed by atoms with Gasteiger partial charge in [-0.25, -0.2) is 0 Å². The zero-order valence-corrected chi connectivity index (χ0v) is 15.8. The highest BCUT2D eigenvalue weighted by Crippen LogP contribution is 2.30. The fourth-order valence-corrected chi connectivity index (χ4v) is 2.72. The number of ether oxygens (including phenoxy) is 2. The first-order valence-corrected chi connectivity index (χ1v) is 8.58. The third-order valence-corrected chi connectivity index (χ3v) is 3.88. The van der Waals surface area contributed by atoms with Crippen molar-refractivity contribution in [3.05, 3.63) is 48.2 Å². The molecule has 1 aliphatic rings. The lowest BCUT2D eigenvalue weighted by Crippen LogP contribution is -2.34. The van der Waals surface area contributed by atoms with E-state index in [2.05, 4.69) is 21.7 Å². The van der Waals surface area contributed by atoms with Crippen molar-refractivity contribution < 1.29 is 40.6 Å². The summed E-state index contributed by atoms with van der Waals surface area (Å²) in [7, 11) is 0. The molecule has 1 aliphatic carbocycles. The summed E-state index contributed by atoms with van der Waals surface area (Å²) in [6, 6.07) is 4.33. The Bertz CT molecular complexity index is 846. The highest BCUT2D eigenvalue weighted by atomic mass is 32.1. The van der Waals surface area contributed by atoms with Gasteiger partial charge in [0.25, 0.3) is 0 Å². The van der Waals surface area contributed by atoms with Crippen molar-refractivity contribution in [3.63, 3.8) is 0 Å². The third kappa shape index (κ3) is 6.91. The van der Waals surface area contributed by atoms with Crippen LogP contribution in [0.2, 0.25) is 0 Å². The minimum atomic E-state index is -4.91. The molecule has 4 nitrogen and oxygen atoms in total. The number of rotatable bonds is 6. The van der Waals surface area contributed by atoms with Gasteiger partial charge >= 0.3 is 12.7 Å². The summed E-state index contributed by atoms with van der Waals surface area (Å²) in [5.74, 6) is -1.08. The second-order valence-electron chi connectivity index (χ2n) is 5.46. The minimum Gasteiger partial charge on any atom is -0.406 e. The van der Waals surface area contributed by atoms with Crippen LogP contribution in [0.15, 0.2) is 48.2 Å². The first-order chi connectivity index (χ1) is 13.4. The first kappa shape index (κ1) is 23.0. The maximum atomic E-state index is 12.5. The summed E-state index contributed by atoms with van der Waals surface area (Å²) in [6.07, 6.45) is -8.21. The monoisotopic (exact) mass is 455 g/mol. The maximum Gasteiger partial charge on any atom is 0.573 e. The Kier molecular flexibility index (Phi) is 7.14. The van der Waals surface area contributed by atoms with Crippen LogP contribution in [0.5, 0.6) is 5.75 Å². The Labute approximate surface area is 171 Å². The smallest absolute Gasteiger partial charge is 0.406 e. The van der Waals surface area contributed by atoms with Crippen LogP contribution < -0.4 is 9.64 Å². The lowest BCUT2D eigenvalue weighted by molar-refractivity contribution is -0.327. The van der Waals surface area contributed by atoms with Gasteiger partial charge in [0.2, 0.25) is 5.91 Å². The van der Waals surface area contributed by atoms with Crippen LogP contribution >= 0.6 is 24.4 Å². The van der Waals surface area contributed by atoms with Crippen molar-refractivity contribution in [2.75, 3.05) is 4.90 Å². The van der Waals surface area contributed by atoms with E-state index in [0.717, 1.165) is 34.6 Å². The van der Waals surface area contributed by atoms with E-state index in [1.165, 1.54) is 18.2 Å². The number of benzene rings is 1. The molecular weight excluding hydrogens is 444 g/mol. The minimum absolute atomic E-state index is 0.100. The molecule has 0 bridgehead atoms. The van der Waals surface area contributed by atoms with Crippen molar-refractivity contribution in [2.24, 2.45) is 0 Å². The molecule has 1 atom stereocenters. The molecule has 0 aromatic heterocycles. The van der Waals surface area contributed by atoms with Crippen molar-refractivity contribution >= 4 is 46.3 Å². The zero-order valence-electron chi connectivity index (χ0n) is 14.2. The Morgan fingerprint density at radius 2 is 1.72 bits per heavy atom. The average Bonchev–Trinajstić information content (AvgIpc) is 2.57. The number of thiocarbonyl (C=S) groups is 2. The van der Waals surface area contributed by atoms with Crippen molar-refractivity contribution in [3.8, 4) is 5.75 Å². The quantitative estimate of drug-likeness (QED) is 0.444. The summed E-state index contributed by atoms with van der Waals surface area (Å²) in [5.41, 5.74) is 0.235. The van der Waals surface area contributed by atoms with E-state index < -0.39 is 30.5 Å². The summed E-state index contributed by atoms with van der Waals surface area (Å²) in [4.78, 5) is 13.3. The van der Waals surface area contributed by atoms with Crippen LogP contribution in [0.3, 0.4) is 0 Å². The number of carbonyl (C=O) groups excluding carboxylic acids is 1. The first-order valence-electron chi connectivity index (χ1n) is 7.70. The number of hydrogen-bond acceptors (Lipinski definition) is 5. The fraction of sp³-hybridized carbons (Fsp3) is 0.235. The lowest BCUT2D eigenvalue weighted by atomic mass is 10.1. The molecule has 0 spiro atoms. The number of anilines is 1. The van der Waals surface area contributed by atoms with Crippen molar-refractivity contribution in [2.45, 2.75) is 25.2 Å². The van der Waals surface area contributed by atoms with Gasteiger partial charge in [-0.3, -0.25) is 14.4 Å². The van der Waals surface area contributed by atoms with E-state index in [-0.39, 0.29) is 22.7 Å². The van der Waals surface area contributed by atoms with Gasteiger partial charge in [0.15, 0.2) is 0 Å². The SMILES string of the molecule is O=C(CC=S)N(C1=CC(=S)C(OC(F)(F)F)C=C1)c1ccc(OC(F)(F)F)cc1. The van der Waals surface area contributed by atoms with Gasteiger partial charge in [0.1, 0.15) is 11.9 Å². The fourth-order valence-electron chi connectivity index (χ4n) is 2.33. The van der Waals surface area contributed by atoms with Gasteiger partial charge in [-0.2, -0.15) is 0 Å². The van der Waals surface area contributed by atoms with E-state index in [4.69, 9.17) is 12.2 Å². The third-order valence-electron chi connectivity index (χ3n) is 3.37. The Balaban J connectivity index is 2.31. The maximum absolute atomic E-state index is 12.5. The van der Waals surface area contributed by atoms with Gasteiger partial charge in [-0.15, -0.1) is 26.3 Å². The van der Waals surface area contributed by atoms with E-state index in [1.807, 2.05) is 0 Å². The van der Waals surface area contributed by atoms with Crippen LogP contribution in [0.25, 0.3) is 0 Å². The van der Waals surface area contributed by atoms with Gasteiger partial charge in [-0.1, -0.05) is 24.4 Å². The number of allylic oxidation sites excluding steroid dienone is 1. The van der Waals surface area contributed by atoms with E-state index >= 15 is 0 Å². The number of alkyl halides is 6. The lowest BCUT2D eigenvalue weighted by Gasteiger charge is -2.27. The summed E-state index contributed by atoms with van der Waals surface area (Å²) >= 11 is 9.56. The Hall–Kier alpha value is -2.31. The topological polar surface area (TPSA) is 38.8 Å². The molecule has 0 aliphatic heterocycles. The Morgan fingerprint density at radius 3 is 2.21 bits per heavy atom. The molecule has 1 aromatic carbocycles. The molecule has 12 heteroatoms. The van der Waals surface area contributed by atoms with Crippen LogP contribution in [0.1, 0.15) is 6.42 Å². The molecule has 0 radical (unpaired) electrons. The standard InChI is InChI=1S/C17H11F6NO3S2/c18-16(19,20)26-12-4-1-10(2-5-12)24(15(25)7-8-28)11-3-6-13(14(29)9-11)27-17(21,22)23/h1-6,8-9,13H,7H2. The second-order valence-corrected chi connectivity index (χ2v) is 6.26. The van der Waals surface area contributed by atoms with Crippen LogP contribution in [0.4, 0.5) is 32.0 Å². The number of halogens is 6. The van der Waals surface area contributed by atoms with E-state index in [1.54, 1.807) is 0 Å². The van der Waals surface area contributed by atoms with Crippen LogP contribution in [-0.4, -0.2) is 35.0 Å². The second kappa shape index (κ2) is 9.01. The molecular formula is C17H11F6NO3S2. The number of nitrogens with zero attached hydrogens (tertiary/aromatic N) is 1. The van der Waals surface area contributed by atoms with Gasteiger partial charge in [0.05, 0.1) is 11.3 Å². The molecule has 1 amide bonds. The molecule has 156 valence electrons. The Morgan fingerprint density at radius 1 is 1.10 bits per heavy atom. The number of amides is 1. The van der Waals surface area contributed by atoms with Gasteiger partial charge < -0.3 is 4.74 Å². The van der Waals surface area contributed by atoms with Gasteiger partial charge in [-0.05, 0) is 47.9 Å². The zero-order chi connectivity index (χ0) is 21.8. The molecule has 1 aromatic rings. The highest BCUT2D eigenvalue weighted by molar-refractivity contribution is 7.81. The summed E-state index contributed by atoms with van der Waals surface area (Å²) in [5, 5.41) is 1.14. The highest BCUT2D eigenvalue weighted by Gasteiger charge is 2.35. The number of carbonyl (C=O) groups is 1. The number of hydrogen-bond donors (Lipinski definition) is 0. The van der Waals surface area contributed by atoms with Crippen LogP contribution in [-0.2, 0) is 9.53 Å². The molecule has 2 rings (SSSR count). The molecule has 1 unspecified atom stereocenters. The normalized spacial score (nSPS) is 17.0. The van der Waals surface area contributed by atoms with Crippen molar-refractivity contribution in [1.82, 2.24) is 0 Å². The summed E-state index contributed by atoms with van der Waals surface area (Å²) < 4.78 is 81.7. The largest absolute Gasteiger partial charge is 0.573 e. The molecule has 0 N–H and O–H groups in total. The molecule has 0 saturated carbocycles. The van der Waals surface area contributed by atoms with Gasteiger partial charge in [0, 0.05) is 11.4 Å². The van der Waals surface area contributed by atoms with Crippen LogP contribution in [0, 0.1) is 0 Å². The molecule has 29 heavy (non-hydrogen) atoms. The summed E-state index contributed by atoms with van der Waals surface area (Å²) in [6.45, 7) is 0. The molecule has 0 heterocycles.